The second-order valence-corrected chi connectivity index (χ2v) is 8.46. The molecule has 164 valence electrons. The van der Waals surface area contributed by atoms with Crippen molar-refractivity contribution in [2.75, 3.05) is 10.6 Å². The molecule has 1 saturated carbocycles. The van der Waals surface area contributed by atoms with Gasteiger partial charge < -0.3 is 16.4 Å². The van der Waals surface area contributed by atoms with Crippen molar-refractivity contribution in [1.82, 2.24) is 24.6 Å². The molecule has 0 radical (unpaired) electrons. The third-order valence-electron chi connectivity index (χ3n) is 6.08. The van der Waals surface area contributed by atoms with Crippen molar-refractivity contribution in [2.24, 2.45) is 5.73 Å². The zero-order valence-corrected chi connectivity index (χ0v) is 18.1. The van der Waals surface area contributed by atoms with Crippen molar-refractivity contribution >= 4 is 17.4 Å². The molecule has 1 aromatic carbocycles. The molecule has 1 fully saturated rings. The van der Waals surface area contributed by atoms with E-state index in [-0.39, 0.29) is 6.04 Å². The van der Waals surface area contributed by atoms with Crippen LogP contribution in [0.15, 0.2) is 61.1 Å². The van der Waals surface area contributed by atoms with E-state index in [0.29, 0.717) is 18.0 Å². The molecule has 0 unspecified atom stereocenters. The Hall–Kier alpha value is -3.52. The summed E-state index contributed by atoms with van der Waals surface area (Å²) < 4.78 is 1.84. The molecule has 0 amide bonds. The summed E-state index contributed by atoms with van der Waals surface area (Å²) >= 11 is 0. The van der Waals surface area contributed by atoms with Crippen molar-refractivity contribution in [3.63, 3.8) is 0 Å². The minimum absolute atomic E-state index is 0.113. The maximum absolute atomic E-state index is 6.03. The monoisotopic (exact) mass is 428 g/mol. The van der Waals surface area contributed by atoms with Gasteiger partial charge in [0, 0.05) is 30.0 Å². The van der Waals surface area contributed by atoms with Crippen LogP contribution in [0.4, 0.5) is 11.8 Å². The molecule has 8 heteroatoms. The summed E-state index contributed by atoms with van der Waals surface area (Å²) in [5.41, 5.74) is 9.73. The van der Waals surface area contributed by atoms with E-state index in [9.17, 15) is 0 Å². The fourth-order valence-corrected chi connectivity index (χ4v) is 4.17. The molecule has 1 aliphatic carbocycles. The van der Waals surface area contributed by atoms with Crippen molar-refractivity contribution in [3.05, 3.63) is 66.6 Å². The molecule has 4 aromatic rings. The van der Waals surface area contributed by atoms with E-state index < -0.39 is 0 Å². The lowest BCUT2D eigenvalue weighted by molar-refractivity contribution is 0.410. The largest absolute Gasteiger partial charge is 0.366 e. The van der Waals surface area contributed by atoms with E-state index in [4.69, 9.17) is 10.8 Å². The van der Waals surface area contributed by atoms with Crippen LogP contribution in [0, 0.1) is 0 Å². The Morgan fingerprint density at radius 1 is 0.938 bits per heavy atom. The molecule has 3 aromatic heterocycles. The quantitative estimate of drug-likeness (QED) is 0.425. The third kappa shape index (κ3) is 4.40. The van der Waals surface area contributed by atoms with Gasteiger partial charge in [0.15, 0.2) is 5.65 Å². The number of nitrogens with one attached hydrogen (secondary N) is 2. The smallest absolute Gasteiger partial charge is 0.223 e. The molecule has 1 aliphatic rings. The maximum atomic E-state index is 6.03. The Labute approximate surface area is 187 Å². The van der Waals surface area contributed by atoms with Gasteiger partial charge in [-0.25, -0.2) is 19.5 Å². The number of imidazole rings is 1. The fourth-order valence-electron chi connectivity index (χ4n) is 4.17. The number of nitrogens with zero attached hydrogens (tertiary/aromatic N) is 5. The second kappa shape index (κ2) is 8.92. The summed E-state index contributed by atoms with van der Waals surface area (Å²) in [5.74, 6) is 1.43. The molecule has 8 nitrogen and oxygen atoms in total. The van der Waals surface area contributed by atoms with E-state index in [1.807, 2.05) is 41.0 Å². The average Bonchev–Trinajstić information content (AvgIpc) is 3.25. The molecule has 0 bridgehead atoms. The van der Waals surface area contributed by atoms with Crippen LogP contribution in [-0.4, -0.2) is 36.6 Å². The molecule has 0 saturated heterocycles. The van der Waals surface area contributed by atoms with Gasteiger partial charge in [-0.1, -0.05) is 30.3 Å². The van der Waals surface area contributed by atoms with Gasteiger partial charge in [-0.2, -0.15) is 0 Å². The summed E-state index contributed by atoms with van der Waals surface area (Å²) in [6.07, 6.45) is 9.67. The summed E-state index contributed by atoms with van der Waals surface area (Å²) in [5, 5.41) is 11.7. The molecule has 0 aliphatic heterocycles. The van der Waals surface area contributed by atoms with Crippen LogP contribution >= 0.6 is 0 Å². The summed E-state index contributed by atoms with van der Waals surface area (Å²) in [6.45, 7) is 2.09. The highest BCUT2D eigenvalue weighted by atomic mass is 15.3. The van der Waals surface area contributed by atoms with Gasteiger partial charge in [0.25, 0.3) is 0 Å². The van der Waals surface area contributed by atoms with E-state index in [2.05, 4.69) is 44.6 Å². The first-order chi connectivity index (χ1) is 15.7. The summed E-state index contributed by atoms with van der Waals surface area (Å²) in [4.78, 5) is 13.5. The van der Waals surface area contributed by atoms with Gasteiger partial charge in [-0.15, -0.1) is 5.10 Å². The standard InChI is InChI=1S/C24H28N8/c1-16(17-5-3-2-4-6-17)29-24-27-13-18(14-28-24)21-15-26-23-12-11-22(31-32(21)23)30-20-9-7-19(25)8-10-20/h2-6,11-16,19-20H,7-10,25H2,1H3,(H,30,31)(H,27,28,29)/t16-,19?,20?/m0/s1. The van der Waals surface area contributed by atoms with Crippen LogP contribution in [0.25, 0.3) is 16.9 Å². The number of hydrogen-bond donors (Lipinski definition) is 3. The zero-order chi connectivity index (χ0) is 21.9. The maximum Gasteiger partial charge on any atom is 0.223 e. The SMILES string of the molecule is C[C@H](Nc1ncc(-c2cnc3ccc(NC4CCC(N)CC4)nn23)cn1)c1ccccc1. The predicted octanol–water partition coefficient (Wildman–Crippen LogP) is 4.04. The number of aromatic nitrogens is 5. The number of nitrogens with two attached hydrogens (primary N) is 1. The fraction of sp³-hybridized carbons (Fsp3) is 0.333. The van der Waals surface area contributed by atoms with Crippen LogP contribution < -0.4 is 16.4 Å². The topological polar surface area (TPSA) is 106 Å². The molecule has 1 atom stereocenters. The molecular weight excluding hydrogens is 400 g/mol. The molecule has 4 N–H and O–H groups in total. The van der Waals surface area contributed by atoms with Gasteiger partial charge in [-0.3, -0.25) is 0 Å². The molecule has 5 rings (SSSR count). The number of rotatable bonds is 6. The molecular formula is C24H28N8. The summed E-state index contributed by atoms with van der Waals surface area (Å²) in [7, 11) is 0. The van der Waals surface area contributed by atoms with Gasteiger partial charge >= 0.3 is 0 Å². The van der Waals surface area contributed by atoms with Crippen molar-refractivity contribution in [3.8, 4) is 11.3 Å². The van der Waals surface area contributed by atoms with Crippen LogP contribution in [0.2, 0.25) is 0 Å². The van der Waals surface area contributed by atoms with E-state index in [1.54, 1.807) is 12.4 Å². The van der Waals surface area contributed by atoms with Crippen molar-refractivity contribution in [1.29, 1.82) is 0 Å². The Kier molecular flexibility index (Phi) is 5.68. The molecule has 0 spiro atoms. The number of anilines is 2. The van der Waals surface area contributed by atoms with Gasteiger partial charge in [0.05, 0.1) is 17.9 Å². The first kappa shape index (κ1) is 20.4. The third-order valence-corrected chi connectivity index (χ3v) is 6.08. The lowest BCUT2D eigenvalue weighted by Crippen LogP contribution is -2.33. The highest BCUT2D eigenvalue weighted by molar-refractivity contribution is 5.62. The van der Waals surface area contributed by atoms with E-state index in [1.165, 1.54) is 5.56 Å². The zero-order valence-electron chi connectivity index (χ0n) is 18.1. The molecule has 32 heavy (non-hydrogen) atoms. The summed E-state index contributed by atoms with van der Waals surface area (Å²) in [6, 6.07) is 15.1. The number of benzene rings is 1. The predicted molar refractivity (Wildman–Crippen MR) is 126 cm³/mol. The lowest BCUT2D eigenvalue weighted by Gasteiger charge is -2.27. The Morgan fingerprint density at radius 2 is 1.69 bits per heavy atom. The van der Waals surface area contributed by atoms with Crippen LogP contribution in [-0.2, 0) is 0 Å². The van der Waals surface area contributed by atoms with Crippen molar-refractivity contribution in [2.45, 2.75) is 50.7 Å². The van der Waals surface area contributed by atoms with Crippen LogP contribution in [0.3, 0.4) is 0 Å². The Bertz CT molecular complexity index is 1160. The Morgan fingerprint density at radius 3 is 2.44 bits per heavy atom. The minimum atomic E-state index is 0.113. The second-order valence-electron chi connectivity index (χ2n) is 8.46. The van der Waals surface area contributed by atoms with E-state index in [0.717, 1.165) is 48.4 Å². The first-order valence-electron chi connectivity index (χ1n) is 11.2. The highest BCUT2D eigenvalue weighted by Gasteiger charge is 2.19. The molecule has 3 heterocycles. The average molecular weight is 429 g/mol. The minimum Gasteiger partial charge on any atom is -0.366 e. The van der Waals surface area contributed by atoms with Gasteiger partial charge in [0.2, 0.25) is 5.95 Å². The van der Waals surface area contributed by atoms with Crippen LogP contribution in [0.1, 0.15) is 44.2 Å². The Balaban J connectivity index is 1.32. The van der Waals surface area contributed by atoms with Crippen LogP contribution in [0.5, 0.6) is 0 Å². The normalized spacial score (nSPS) is 19.6. The highest BCUT2D eigenvalue weighted by Crippen LogP contribution is 2.24. The van der Waals surface area contributed by atoms with E-state index >= 15 is 0 Å². The van der Waals surface area contributed by atoms with Crippen molar-refractivity contribution < 1.29 is 0 Å². The van der Waals surface area contributed by atoms with Gasteiger partial charge in [-0.05, 0) is 50.3 Å². The number of fused-ring (bicyclic) bond motifs is 1. The lowest BCUT2D eigenvalue weighted by atomic mass is 9.92. The first-order valence-corrected chi connectivity index (χ1v) is 11.2. The van der Waals surface area contributed by atoms with Gasteiger partial charge in [0.1, 0.15) is 5.82 Å². The number of hydrogen-bond acceptors (Lipinski definition) is 7.